The molecule has 0 aromatic heterocycles. The van der Waals surface area contributed by atoms with Crippen LogP contribution in [0.4, 0.5) is 4.39 Å². The zero-order chi connectivity index (χ0) is 16.7. The minimum Gasteiger partial charge on any atom is -0.357 e. The summed E-state index contributed by atoms with van der Waals surface area (Å²) in [6, 6.07) is 5.95. The highest BCUT2D eigenvalue weighted by atomic mass is 19.1. The van der Waals surface area contributed by atoms with Crippen LogP contribution in [0.2, 0.25) is 0 Å². The molecule has 4 nitrogen and oxygen atoms in total. The Hall–Kier alpha value is -1.62. The van der Waals surface area contributed by atoms with Crippen LogP contribution in [0.15, 0.2) is 23.2 Å². The average Bonchev–Trinajstić information content (AvgIpc) is 3.37. The van der Waals surface area contributed by atoms with Gasteiger partial charge in [-0.15, -0.1) is 0 Å². The van der Waals surface area contributed by atoms with Gasteiger partial charge in [-0.3, -0.25) is 4.90 Å². The minimum absolute atomic E-state index is 0.164. The maximum absolute atomic E-state index is 13.3. The number of likely N-dealkylation sites (N-methyl/N-ethyl adjacent to an activating group) is 1. The fourth-order valence-corrected chi connectivity index (χ4v) is 2.67. The summed E-state index contributed by atoms with van der Waals surface area (Å²) < 4.78 is 13.3. The number of halogens is 1. The number of hydrogen-bond donors (Lipinski definition) is 2. The number of aliphatic imine (C=N–C) groups is 1. The second kappa shape index (κ2) is 8.87. The number of aryl methyl sites for hydroxylation is 1. The van der Waals surface area contributed by atoms with E-state index in [4.69, 9.17) is 0 Å². The number of nitrogens with zero attached hydrogens (tertiary/aromatic N) is 2. The number of hydrogen-bond acceptors (Lipinski definition) is 2. The van der Waals surface area contributed by atoms with Crippen LogP contribution in [0.3, 0.4) is 0 Å². The lowest BCUT2D eigenvalue weighted by molar-refractivity contribution is 0.282. The molecule has 0 radical (unpaired) electrons. The lowest BCUT2D eigenvalue weighted by atomic mass is 10.1. The number of rotatable bonds is 8. The summed E-state index contributed by atoms with van der Waals surface area (Å²) in [5.74, 6) is 0.656. The van der Waals surface area contributed by atoms with Gasteiger partial charge in [-0.1, -0.05) is 19.1 Å². The zero-order valence-electron chi connectivity index (χ0n) is 14.5. The molecule has 0 unspecified atom stereocenters. The van der Waals surface area contributed by atoms with Crippen LogP contribution in [0, 0.1) is 12.7 Å². The summed E-state index contributed by atoms with van der Waals surface area (Å²) in [5, 5.41) is 6.65. The smallest absolute Gasteiger partial charge is 0.191 e. The predicted octanol–water partition coefficient (Wildman–Crippen LogP) is 2.67. The van der Waals surface area contributed by atoms with Crippen molar-refractivity contribution in [1.82, 2.24) is 15.5 Å². The van der Waals surface area contributed by atoms with Crippen molar-refractivity contribution < 1.29 is 4.39 Å². The molecule has 2 N–H and O–H groups in total. The topological polar surface area (TPSA) is 39.7 Å². The monoisotopic (exact) mass is 320 g/mol. The molecule has 23 heavy (non-hydrogen) atoms. The molecule has 0 atom stereocenters. The van der Waals surface area contributed by atoms with Crippen LogP contribution in [-0.2, 0) is 6.54 Å². The van der Waals surface area contributed by atoms with Crippen molar-refractivity contribution >= 4 is 5.96 Å². The van der Waals surface area contributed by atoms with Crippen molar-refractivity contribution in [3.8, 4) is 0 Å². The lowest BCUT2D eigenvalue weighted by Crippen LogP contribution is -2.42. The molecular formula is C18H29FN4. The first-order chi connectivity index (χ1) is 11.1. The molecule has 0 saturated heterocycles. The maximum atomic E-state index is 13.3. The van der Waals surface area contributed by atoms with Crippen LogP contribution in [0.5, 0.6) is 0 Å². The quantitative estimate of drug-likeness (QED) is 0.571. The molecule has 1 saturated carbocycles. The van der Waals surface area contributed by atoms with Gasteiger partial charge in [0.2, 0.25) is 0 Å². The number of benzene rings is 1. The van der Waals surface area contributed by atoms with Gasteiger partial charge in [0.1, 0.15) is 5.82 Å². The Morgan fingerprint density at radius 3 is 2.70 bits per heavy atom. The van der Waals surface area contributed by atoms with Crippen LogP contribution in [0.25, 0.3) is 0 Å². The van der Waals surface area contributed by atoms with Gasteiger partial charge in [0.25, 0.3) is 0 Å². The Labute approximate surface area is 139 Å². The average molecular weight is 320 g/mol. The molecule has 0 spiro atoms. The first-order valence-electron chi connectivity index (χ1n) is 8.65. The molecule has 1 aromatic carbocycles. The molecule has 1 aromatic rings. The normalized spacial score (nSPS) is 15.1. The summed E-state index contributed by atoms with van der Waals surface area (Å²) in [7, 11) is 0. The third-order valence-electron chi connectivity index (χ3n) is 4.15. The Kier molecular flexibility index (Phi) is 6.84. The van der Waals surface area contributed by atoms with E-state index >= 15 is 0 Å². The maximum Gasteiger partial charge on any atom is 0.191 e. The van der Waals surface area contributed by atoms with Gasteiger partial charge < -0.3 is 10.6 Å². The highest BCUT2D eigenvalue weighted by Gasteiger charge is 2.27. The first kappa shape index (κ1) is 17.7. The molecule has 0 heterocycles. The molecule has 0 aliphatic heterocycles. The molecule has 0 bridgehead atoms. The predicted molar refractivity (Wildman–Crippen MR) is 94.2 cm³/mol. The van der Waals surface area contributed by atoms with Crippen LogP contribution < -0.4 is 10.6 Å². The Bertz CT molecular complexity index is 526. The van der Waals surface area contributed by atoms with Gasteiger partial charge in [-0.05, 0) is 50.4 Å². The molecule has 1 aliphatic carbocycles. The van der Waals surface area contributed by atoms with E-state index in [1.165, 1.54) is 18.9 Å². The van der Waals surface area contributed by atoms with Crippen molar-refractivity contribution in [2.24, 2.45) is 4.99 Å². The zero-order valence-corrected chi connectivity index (χ0v) is 14.5. The lowest BCUT2D eigenvalue weighted by Gasteiger charge is -2.20. The van der Waals surface area contributed by atoms with Crippen LogP contribution in [0.1, 0.15) is 37.8 Å². The molecule has 5 heteroatoms. The van der Waals surface area contributed by atoms with Gasteiger partial charge >= 0.3 is 0 Å². The van der Waals surface area contributed by atoms with E-state index in [-0.39, 0.29) is 5.82 Å². The van der Waals surface area contributed by atoms with E-state index in [2.05, 4.69) is 34.4 Å². The third-order valence-corrected chi connectivity index (χ3v) is 4.15. The summed E-state index contributed by atoms with van der Waals surface area (Å²) >= 11 is 0. The second-order valence-electron chi connectivity index (χ2n) is 6.07. The van der Waals surface area contributed by atoms with E-state index in [1.54, 1.807) is 13.0 Å². The Balaban J connectivity index is 1.84. The number of nitrogens with one attached hydrogen (secondary N) is 2. The minimum atomic E-state index is -0.164. The standard InChI is InChI=1S/C18H29FN4/c1-4-20-18(21-10-11-23(5-2)16-7-8-16)22-13-15-6-9-17(19)14(3)12-15/h6,9,12,16H,4-5,7-8,10-11,13H2,1-3H3,(H2,20,21,22). The van der Waals surface area contributed by atoms with E-state index < -0.39 is 0 Å². The highest BCUT2D eigenvalue weighted by Crippen LogP contribution is 2.25. The first-order valence-corrected chi connectivity index (χ1v) is 8.65. The Morgan fingerprint density at radius 2 is 2.09 bits per heavy atom. The van der Waals surface area contributed by atoms with E-state index in [9.17, 15) is 4.39 Å². The van der Waals surface area contributed by atoms with E-state index in [1.807, 2.05) is 6.07 Å². The van der Waals surface area contributed by atoms with Crippen molar-refractivity contribution in [2.75, 3.05) is 26.2 Å². The SMILES string of the molecule is CCNC(=NCc1ccc(F)c(C)c1)NCCN(CC)C1CC1. The van der Waals surface area contributed by atoms with Gasteiger partial charge in [0.15, 0.2) is 5.96 Å². The fraction of sp³-hybridized carbons (Fsp3) is 0.611. The molecule has 0 amide bonds. The molecule has 1 fully saturated rings. The van der Waals surface area contributed by atoms with Gasteiger partial charge in [-0.2, -0.15) is 0 Å². The van der Waals surface area contributed by atoms with Crippen molar-refractivity contribution in [1.29, 1.82) is 0 Å². The molecule has 2 rings (SSSR count). The van der Waals surface area contributed by atoms with Gasteiger partial charge in [0, 0.05) is 25.7 Å². The third kappa shape index (κ3) is 5.82. The van der Waals surface area contributed by atoms with E-state index in [0.717, 1.165) is 43.7 Å². The van der Waals surface area contributed by atoms with Crippen LogP contribution >= 0.6 is 0 Å². The summed E-state index contributed by atoms with van der Waals surface area (Å²) in [6.07, 6.45) is 2.68. The summed E-state index contributed by atoms with van der Waals surface area (Å²) in [4.78, 5) is 7.10. The summed E-state index contributed by atoms with van der Waals surface area (Å²) in [5.41, 5.74) is 1.69. The molecule has 128 valence electrons. The van der Waals surface area contributed by atoms with Crippen molar-refractivity contribution in [3.63, 3.8) is 0 Å². The van der Waals surface area contributed by atoms with Crippen molar-refractivity contribution in [3.05, 3.63) is 35.1 Å². The molecular weight excluding hydrogens is 291 g/mol. The second-order valence-corrected chi connectivity index (χ2v) is 6.07. The largest absolute Gasteiger partial charge is 0.357 e. The van der Waals surface area contributed by atoms with Gasteiger partial charge in [-0.25, -0.2) is 9.38 Å². The molecule has 1 aliphatic rings. The summed E-state index contributed by atoms with van der Waals surface area (Å²) in [6.45, 7) is 10.5. The van der Waals surface area contributed by atoms with Crippen LogP contribution in [-0.4, -0.2) is 43.1 Å². The van der Waals surface area contributed by atoms with E-state index in [0.29, 0.717) is 12.1 Å². The highest BCUT2D eigenvalue weighted by molar-refractivity contribution is 5.79. The Morgan fingerprint density at radius 1 is 1.30 bits per heavy atom. The number of guanidine groups is 1. The van der Waals surface area contributed by atoms with Crippen molar-refractivity contribution in [2.45, 2.75) is 46.2 Å². The fourth-order valence-electron chi connectivity index (χ4n) is 2.67. The van der Waals surface area contributed by atoms with Gasteiger partial charge in [0.05, 0.1) is 6.54 Å².